The summed E-state index contributed by atoms with van der Waals surface area (Å²) in [6.07, 6.45) is 1.20. The fourth-order valence-corrected chi connectivity index (χ4v) is 3.11. The van der Waals surface area contributed by atoms with Gasteiger partial charge in [-0.25, -0.2) is 4.39 Å². The van der Waals surface area contributed by atoms with Gasteiger partial charge in [-0.2, -0.15) is 18.4 Å². The summed E-state index contributed by atoms with van der Waals surface area (Å²) in [4.78, 5) is 2.15. The first-order valence-corrected chi connectivity index (χ1v) is 9.60. The highest BCUT2D eigenvalue weighted by Gasteiger charge is 2.13. The van der Waals surface area contributed by atoms with Crippen LogP contribution in [0, 0.1) is 5.82 Å². The first-order chi connectivity index (χ1) is 13.0. The van der Waals surface area contributed by atoms with E-state index in [-0.39, 0.29) is 10.7 Å². The molecule has 0 saturated heterocycles. The third-order valence-corrected chi connectivity index (χ3v) is 4.81. The van der Waals surface area contributed by atoms with Crippen molar-refractivity contribution in [2.75, 3.05) is 6.61 Å². The lowest BCUT2D eigenvalue weighted by Crippen LogP contribution is -2.18. The number of halogens is 1. The summed E-state index contributed by atoms with van der Waals surface area (Å²) in [5.41, 5.74) is 0.312. The Labute approximate surface area is 156 Å². The molecule has 140 valence electrons. The quantitative estimate of drug-likeness (QED) is 0.493. The van der Waals surface area contributed by atoms with Crippen molar-refractivity contribution in [1.29, 1.82) is 0 Å². The largest absolute Gasteiger partial charge is 0.494 e. The minimum absolute atomic E-state index is 0.0505. The van der Waals surface area contributed by atoms with E-state index in [1.165, 1.54) is 24.4 Å². The monoisotopic (exact) mass is 388 g/mol. The molecule has 0 saturated carbocycles. The van der Waals surface area contributed by atoms with E-state index in [4.69, 9.17) is 9.15 Å². The van der Waals surface area contributed by atoms with Gasteiger partial charge in [-0.05, 0) is 55.5 Å². The number of hydrazone groups is 1. The van der Waals surface area contributed by atoms with Gasteiger partial charge in [-0.1, -0.05) is 12.1 Å². The molecule has 1 aromatic heterocycles. The van der Waals surface area contributed by atoms with Gasteiger partial charge in [0.05, 0.1) is 23.3 Å². The number of ether oxygens (including phenoxy) is 1. The van der Waals surface area contributed by atoms with E-state index in [1.807, 2.05) is 6.92 Å². The molecule has 0 atom stereocenters. The average molecular weight is 388 g/mol. The van der Waals surface area contributed by atoms with E-state index in [2.05, 4.69) is 9.93 Å². The Balaban J connectivity index is 1.69. The SMILES string of the molecule is CCOc1ccc(S(=O)(=O)N/N=C\c2ccc(-c3ccccc3F)o2)cc1. The fourth-order valence-electron chi connectivity index (χ4n) is 2.32. The highest BCUT2D eigenvalue weighted by molar-refractivity contribution is 7.89. The van der Waals surface area contributed by atoms with Crippen LogP contribution in [0.2, 0.25) is 0 Å². The Hall–Kier alpha value is -3.13. The van der Waals surface area contributed by atoms with Crippen molar-refractivity contribution in [2.45, 2.75) is 11.8 Å². The van der Waals surface area contributed by atoms with Gasteiger partial charge in [0.2, 0.25) is 0 Å². The zero-order chi connectivity index (χ0) is 19.3. The molecule has 27 heavy (non-hydrogen) atoms. The molecule has 0 aliphatic heterocycles. The van der Waals surface area contributed by atoms with Crippen LogP contribution in [0.4, 0.5) is 4.39 Å². The predicted octanol–water partition coefficient (Wildman–Crippen LogP) is 3.80. The lowest BCUT2D eigenvalue weighted by atomic mass is 10.1. The van der Waals surface area contributed by atoms with Crippen LogP contribution in [0.1, 0.15) is 12.7 Å². The molecular weight excluding hydrogens is 371 g/mol. The molecule has 0 unspecified atom stereocenters. The van der Waals surface area contributed by atoms with E-state index in [9.17, 15) is 12.8 Å². The number of sulfonamides is 1. The number of nitrogens with one attached hydrogen (secondary N) is 1. The summed E-state index contributed by atoms with van der Waals surface area (Å²) in [6.45, 7) is 2.33. The lowest BCUT2D eigenvalue weighted by molar-refractivity contribution is 0.340. The zero-order valence-electron chi connectivity index (χ0n) is 14.4. The molecule has 3 aromatic rings. The maximum Gasteiger partial charge on any atom is 0.276 e. The van der Waals surface area contributed by atoms with Crippen LogP contribution in [0.5, 0.6) is 5.75 Å². The van der Waals surface area contributed by atoms with Gasteiger partial charge in [0.15, 0.2) is 0 Å². The van der Waals surface area contributed by atoms with Gasteiger partial charge in [-0.15, -0.1) is 0 Å². The van der Waals surface area contributed by atoms with Gasteiger partial charge in [-0.3, -0.25) is 0 Å². The number of benzene rings is 2. The van der Waals surface area contributed by atoms with Gasteiger partial charge in [0.25, 0.3) is 10.0 Å². The van der Waals surface area contributed by atoms with E-state index in [0.717, 1.165) is 0 Å². The molecule has 0 radical (unpaired) electrons. The van der Waals surface area contributed by atoms with E-state index < -0.39 is 15.8 Å². The maximum atomic E-state index is 13.8. The summed E-state index contributed by atoms with van der Waals surface area (Å²) in [6, 6.07) is 15.3. The normalized spacial score (nSPS) is 11.6. The molecule has 0 fully saturated rings. The molecule has 2 aromatic carbocycles. The Kier molecular flexibility index (Phi) is 5.56. The second-order valence-electron chi connectivity index (χ2n) is 5.44. The van der Waals surface area contributed by atoms with Gasteiger partial charge in [0, 0.05) is 0 Å². The third-order valence-electron chi connectivity index (χ3n) is 3.58. The van der Waals surface area contributed by atoms with Crippen molar-refractivity contribution in [3.63, 3.8) is 0 Å². The molecule has 0 aliphatic carbocycles. The van der Waals surface area contributed by atoms with Crippen LogP contribution >= 0.6 is 0 Å². The predicted molar refractivity (Wildman–Crippen MR) is 99.6 cm³/mol. The molecule has 8 heteroatoms. The Morgan fingerprint density at radius 1 is 1.11 bits per heavy atom. The highest BCUT2D eigenvalue weighted by Crippen LogP contribution is 2.24. The number of furan rings is 1. The Morgan fingerprint density at radius 3 is 2.56 bits per heavy atom. The van der Waals surface area contributed by atoms with Crippen LogP contribution in [0.25, 0.3) is 11.3 Å². The minimum Gasteiger partial charge on any atom is -0.494 e. The smallest absolute Gasteiger partial charge is 0.276 e. The molecule has 0 spiro atoms. The van der Waals surface area contributed by atoms with Gasteiger partial charge in [0.1, 0.15) is 23.1 Å². The summed E-state index contributed by atoms with van der Waals surface area (Å²) >= 11 is 0. The molecular formula is C19H17FN2O4S. The summed E-state index contributed by atoms with van der Waals surface area (Å²) < 4.78 is 48.9. The topological polar surface area (TPSA) is 80.9 Å². The zero-order valence-corrected chi connectivity index (χ0v) is 15.2. The van der Waals surface area contributed by atoms with Crippen LogP contribution in [-0.2, 0) is 10.0 Å². The molecule has 6 nitrogen and oxygen atoms in total. The van der Waals surface area contributed by atoms with Crippen molar-refractivity contribution in [3.8, 4) is 17.1 Å². The van der Waals surface area contributed by atoms with Crippen molar-refractivity contribution in [3.05, 3.63) is 72.2 Å². The number of rotatable bonds is 7. The Bertz CT molecular complexity index is 1040. The molecule has 3 rings (SSSR count). The molecule has 0 bridgehead atoms. The molecule has 1 heterocycles. The van der Waals surface area contributed by atoms with Crippen molar-refractivity contribution >= 4 is 16.2 Å². The molecule has 0 aliphatic rings. The standard InChI is InChI=1S/C19H17FN2O4S/c1-2-25-14-7-10-16(11-8-14)27(23,24)22-21-13-15-9-12-19(26-15)17-5-3-4-6-18(17)20/h3-13,22H,2H2,1H3/b21-13-. The van der Waals surface area contributed by atoms with Crippen LogP contribution in [0.3, 0.4) is 0 Å². The van der Waals surface area contributed by atoms with Crippen molar-refractivity contribution < 1.29 is 22.0 Å². The second-order valence-corrected chi connectivity index (χ2v) is 7.10. The van der Waals surface area contributed by atoms with E-state index in [0.29, 0.717) is 23.7 Å². The fraction of sp³-hybridized carbons (Fsp3) is 0.105. The highest BCUT2D eigenvalue weighted by atomic mass is 32.2. The second kappa shape index (κ2) is 8.05. The summed E-state index contributed by atoms with van der Waals surface area (Å²) in [5, 5.41) is 3.70. The van der Waals surface area contributed by atoms with Gasteiger partial charge < -0.3 is 9.15 Å². The van der Waals surface area contributed by atoms with Gasteiger partial charge >= 0.3 is 0 Å². The minimum atomic E-state index is -3.82. The average Bonchev–Trinajstić information content (AvgIpc) is 3.11. The number of nitrogens with zero attached hydrogens (tertiary/aromatic N) is 1. The Morgan fingerprint density at radius 2 is 1.85 bits per heavy atom. The molecule has 0 amide bonds. The van der Waals surface area contributed by atoms with Crippen molar-refractivity contribution in [1.82, 2.24) is 4.83 Å². The maximum absolute atomic E-state index is 13.8. The van der Waals surface area contributed by atoms with Crippen molar-refractivity contribution in [2.24, 2.45) is 5.10 Å². The summed E-state index contributed by atoms with van der Waals surface area (Å²) in [7, 11) is -3.82. The van der Waals surface area contributed by atoms with Crippen LogP contribution in [0.15, 0.2) is 75.1 Å². The third kappa shape index (κ3) is 4.53. The van der Waals surface area contributed by atoms with E-state index in [1.54, 1.807) is 42.5 Å². The number of hydrogen-bond acceptors (Lipinski definition) is 5. The van der Waals surface area contributed by atoms with E-state index >= 15 is 0 Å². The first kappa shape index (κ1) is 18.7. The van der Waals surface area contributed by atoms with Crippen LogP contribution < -0.4 is 9.57 Å². The summed E-state index contributed by atoms with van der Waals surface area (Å²) in [5.74, 6) is 0.773. The first-order valence-electron chi connectivity index (χ1n) is 8.12. The van der Waals surface area contributed by atoms with Crippen LogP contribution in [-0.4, -0.2) is 21.2 Å². The number of hydrogen-bond donors (Lipinski definition) is 1. The molecule has 1 N–H and O–H groups in total. The lowest BCUT2D eigenvalue weighted by Gasteiger charge is -2.05.